The first-order valence-electron chi connectivity index (χ1n) is 4.98. The largest absolute Gasteiger partial charge is 0.367 e. The molecule has 2 unspecified atom stereocenters. The summed E-state index contributed by atoms with van der Waals surface area (Å²) in [5, 5.41) is 3.43. The molecule has 1 N–H and O–H groups in total. The molecule has 2 atom stereocenters. The van der Waals surface area contributed by atoms with Crippen LogP contribution in [0.4, 0.5) is 5.82 Å². The lowest BCUT2D eigenvalue weighted by Crippen LogP contribution is -2.16. The number of anilines is 1. The molecule has 1 aromatic heterocycles. The Kier molecular flexibility index (Phi) is 3.01. The number of hydrogen-bond donors (Lipinski definition) is 1. The standard InChI is InChI=1S/C10H14BrN3/c1-7-2-3-8(4-7)14-10-5-9(11)12-6-13-10/h5-8H,2-4H2,1H3,(H,12,13,14). The van der Waals surface area contributed by atoms with Crippen molar-refractivity contribution in [2.75, 3.05) is 5.32 Å². The smallest absolute Gasteiger partial charge is 0.130 e. The van der Waals surface area contributed by atoms with Gasteiger partial charge >= 0.3 is 0 Å². The molecule has 1 heterocycles. The van der Waals surface area contributed by atoms with Crippen LogP contribution >= 0.6 is 15.9 Å². The number of halogens is 1. The Morgan fingerprint density at radius 1 is 1.43 bits per heavy atom. The van der Waals surface area contributed by atoms with Gasteiger partial charge in [-0.1, -0.05) is 6.92 Å². The Balaban J connectivity index is 1.97. The van der Waals surface area contributed by atoms with Crippen LogP contribution in [0.15, 0.2) is 17.0 Å². The van der Waals surface area contributed by atoms with Crippen molar-refractivity contribution in [2.24, 2.45) is 5.92 Å². The van der Waals surface area contributed by atoms with Crippen molar-refractivity contribution in [2.45, 2.75) is 32.2 Å². The molecule has 0 radical (unpaired) electrons. The summed E-state index contributed by atoms with van der Waals surface area (Å²) in [5.41, 5.74) is 0. The summed E-state index contributed by atoms with van der Waals surface area (Å²) in [5.74, 6) is 1.77. The molecule has 1 aliphatic carbocycles. The van der Waals surface area contributed by atoms with Crippen LogP contribution in [0.25, 0.3) is 0 Å². The summed E-state index contributed by atoms with van der Waals surface area (Å²) < 4.78 is 0.834. The van der Waals surface area contributed by atoms with Crippen LogP contribution in [-0.4, -0.2) is 16.0 Å². The molecule has 3 nitrogen and oxygen atoms in total. The molecule has 4 heteroatoms. The monoisotopic (exact) mass is 255 g/mol. The Morgan fingerprint density at radius 3 is 2.93 bits per heavy atom. The summed E-state index contributed by atoms with van der Waals surface area (Å²) in [6.07, 6.45) is 5.40. The van der Waals surface area contributed by atoms with E-state index in [0.717, 1.165) is 16.3 Å². The highest BCUT2D eigenvalue weighted by molar-refractivity contribution is 9.10. The van der Waals surface area contributed by atoms with Gasteiger partial charge in [0.25, 0.3) is 0 Å². The summed E-state index contributed by atoms with van der Waals surface area (Å²) in [7, 11) is 0. The minimum Gasteiger partial charge on any atom is -0.367 e. The Bertz CT molecular complexity index is 316. The van der Waals surface area contributed by atoms with Crippen LogP contribution in [0.1, 0.15) is 26.2 Å². The first-order valence-corrected chi connectivity index (χ1v) is 5.77. The molecule has 0 aliphatic heterocycles. The Morgan fingerprint density at radius 2 is 2.29 bits per heavy atom. The molecule has 0 spiro atoms. The highest BCUT2D eigenvalue weighted by atomic mass is 79.9. The van der Waals surface area contributed by atoms with E-state index < -0.39 is 0 Å². The number of hydrogen-bond acceptors (Lipinski definition) is 3. The quantitative estimate of drug-likeness (QED) is 0.827. The summed E-state index contributed by atoms with van der Waals surface area (Å²) >= 11 is 3.33. The van der Waals surface area contributed by atoms with E-state index in [1.807, 2.05) is 6.07 Å². The summed E-state index contributed by atoms with van der Waals surface area (Å²) in [6, 6.07) is 2.51. The molecule has 1 aromatic rings. The van der Waals surface area contributed by atoms with Crippen molar-refractivity contribution in [3.05, 3.63) is 17.0 Å². The van der Waals surface area contributed by atoms with Gasteiger partial charge in [-0.15, -0.1) is 0 Å². The zero-order chi connectivity index (χ0) is 9.97. The van der Waals surface area contributed by atoms with Gasteiger partial charge in [-0.25, -0.2) is 9.97 Å². The average Bonchev–Trinajstić information content (AvgIpc) is 2.51. The van der Waals surface area contributed by atoms with Gasteiger partial charge < -0.3 is 5.32 Å². The van der Waals surface area contributed by atoms with Gasteiger partial charge in [-0.3, -0.25) is 0 Å². The fraction of sp³-hybridized carbons (Fsp3) is 0.600. The van der Waals surface area contributed by atoms with Gasteiger partial charge in [0.2, 0.25) is 0 Å². The Labute approximate surface area is 92.5 Å². The fourth-order valence-corrected chi connectivity index (χ4v) is 2.27. The third-order valence-electron chi connectivity index (χ3n) is 2.68. The molecular formula is C10H14BrN3. The SMILES string of the molecule is CC1CCC(Nc2cc(Br)ncn2)C1. The van der Waals surface area contributed by atoms with Gasteiger partial charge in [0.05, 0.1) is 0 Å². The van der Waals surface area contributed by atoms with Crippen LogP contribution < -0.4 is 5.32 Å². The van der Waals surface area contributed by atoms with Crippen LogP contribution in [0.3, 0.4) is 0 Å². The maximum atomic E-state index is 4.18. The van der Waals surface area contributed by atoms with Gasteiger partial charge in [-0.05, 0) is 41.1 Å². The van der Waals surface area contributed by atoms with E-state index in [0.29, 0.717) is 6.04 Å². The molecule has 0 amide bonds. The highest BCUT2D eigenvalue weighted by Gasteiger charge is 2.21. The lowest BCUT2D eigenvalue weighted by Gasteiger charge is -2.12. The number of nitrogens with one attached hydrogen (secondary N) is 1. The molecule has 1 fully saturated rings. The maximum Gasteiger partial charge on any atom is 0.130 e. The average molecular weight is 256 g/mol. The van der Waals surface area contributed by atoms with Crippen LogP contribution in [0, 0.1) is 5.92 Å². The molecule has 1 aliphatic rings. The first kappa shape index (κ1) is 9.90. The van der Waals surface area contributed by atoms with E-state index in [2.05, 4.69) is 38.1 Å². The van der Waals surface area contributed by atoms with Crippen molar-refractivity contribution >= 4 is 21.7 Å². The van der Waals surface area contributed by atoms with Gasteiger partial charge in [0.15, 0.2) is 0 Å². The zero-order valence-corrected chi connectivity index (χ0v) is 9.79. The van der Waals surface area contributed by atoms with E-state index in [-0.39, 0.29) is 0 Å². The molecule has 76 valence electrons. The maximum absolute atomic E-state index is 4.18. The van der Waals surface area contributed by atoms with Crippen LogP contribution in [-0.2, 0) is 0 Å². The van der Waals surface area contributed by atoms with Crippen molar-refractivity contribution in [1.29, 1.82) is 0 Å². The van der Waals surface area contributed by atoms with Crippen LogP contribution in [0.2, 0.25) is 0 Å². The minimum atomic E-state index is 0.590. The van der Waals surface area contributed by atoms with Crippen LogP contribution in [0.5, 0.6) is 0 Å². The zero-order valence-electron chi connectivity index (χ0n) is 8.20. The second-order valence-corrected chi connectivity index (χ2v) is 4.80. The number of aromatic nitrogens is 2. The fourth-order valence-electron chi connectivity index (χ4n) is 1.96. The summed E-state index contributed by atoms with van der Waals surface area (Å²) in [4.78, 5) is 8.17. The normalized spacial score (nSPS) is 26.4. The van der Waals surface area contributed by atoms with Crippen molar-refractivity contribution in [1.82, 2.24) is 9.97 Å². The van der Waals surface area contributed by atoms with Gasteiger partial charge in [0.1, 0.15) is 16.7 Å². The van der Waals surface area contributed by atoms with E-state index >= 15 is 0 Å². The second-order valence-electron chi connectivity index (χ2n) is 3.99. The van der Waals surface area contributed by atoms with E-state index in [4.69, 9.17) is 0 Å². The number of rotatable bonds is 2. The van der Waals surface area contributed by atoms with Gasteiger partial charge in [0, 0.05) is 12.1 Å². The van der Waals surface area contributed by atoms with Crippen molar-refractivity contribution < 1.29 is 0 Å². The predicted octanol–water partition coefficient (Wildman–Crippen LogP) is 2.84. The van der Waals surface area contributed by atoms with E-state index in [1.54, 1.807) is 6.33 Å². The second kappa shape index (κ2) is 4.26. The number of nitrogens with zero attached hydrogens (tertiary/aromatic N) is 2. The lowest BCUT2D eigenvalue weighted by atomic mass is 10.1. The van der Waals surface area contributed by atoms with Gasteiger partial charge in [-0.2, -0.15) is 0 Å². The molecule has 1 saturated carbocycles. The predicted molar refractivity (Wildman–Crippen MR) is 60.2 cm³/mol. The van der Waals surface area contributed by atoms with E-state index in [9.17, 15) is 0 Å². The van der Waals surface area contributed by atoms with Crippen molar-refractivity contribution in [3.63, 3.8) is 0 Å². The molecule has 0 aromatic carbocycles. The molecular weight excluding hydrogens is 242 g/mol. The molecule has 14 heavy (non-hydrogen) atoms. The van der Waals surface area contributed by atoms with E-state index in [1.165, 1.54) is 19.3 Å². The third kappa shape index (κ3) is 2.44. The Hall–Kier alpha value is -0.640. The topological polar surface area (TPSA) is 37.8 Å². The lowest BCUT2D eigenvalue weighted by molar-refractivity contribution is 0.602. The molecule has 2 rings (SSSR count). The summed E-state index contributed by atoms with van der Waals surface area (Å²) in [6.45, 7) is 2.30. The first-order chi connectivity index (χ1) is 6.74. The third-order valence-corrected chi connectivity index (χ3v) is 3.11. The minimum absolute atomic E-state index is 0.590. The molecule has 0 saturated heterocycles. The molecule has 0 bridgehead atoms. The van der Waals surface area contributed by atoms with Crippen molar-refractivity contribution in [3.8, 4) is 0 Å². The highest BCUT2D eigenvalue weighted by Crippen LogP contribution is 2.27.